The number of anilines is 2. The van der Waals surface area contributed by atoms with Gasteiger partial charge in [-0.2, -0.15) is 0 Å². The van der Waals surface area contributed by atoms with Crippen molar-refractivity contribution in [3.63, 3.8) is 0 Å². The van der Waals surface area contributed by atoms with E-state index in [1.807, 2.05) is 25.1 Å². The van der Waals surface area contributed by atoms with Crippen LogP contribution >= 0.6 is 11.6 Å². The number of hydrogen-bond donors (Lipinski definition) is 3. The Labute approximate surface area is 131 Å². The van der Waals surface area contributed by atoms with Gasteiger partial charge in [0.05, 0.1) is 44.6 Å². The van der Waals surface area contributed by atoms with Gasteiger partial charge >= 0.3 is 6.03 Å². The summed E-state index contributed by atoms with van der Waals surface area (Å²) in [5, 5.41) is 6.36. The third kappa shape index (κ3) is 4.51. The fourth-order valence-electron chi connectivity index (χ4n) is 2.42. The maximum atomic E-state index is 11.9. The summed E-state index contributed by atoms with van der Waals surface area (Å²) in [5.74, 6) is 0. The van der Waals surface area contributed by atoms with Crippen LogP contribution in [0, 0.1) is 0 Å². The van der Waals surface area contributed by atoms with Crippen molar-refractivity contribution in [3.05, 3.63) is 23.2 Å². The highest BCUT2D eigenvalue weighted by molar-refractivity contribution is 6.31. The van der Waals surface area contributed by atoms with Crippen LogP contribution < -0.4 is 20.4 Å². The molecule has 2 amide bonds. The molecule has 1 aromatic carbocycles. The number of nitrogens with one attached hydrogen (secondary N) is 3. The molecule has 6 heteroatoms. The topological polar surface area (TPSA) is 48.8 Å². The number of halogens is 1. The lowest BCUT2D eigenvalue weighted by Gasteiger charge is -2.33. The van der Waals surface area contributed by atoms with E-state index in [-0.39, 0.29) is 6.03 Å². The molecule has 1 aromatic rings. The Kier molecular flexibility index (Phi) is 5.70. The first-order valence-corrected chi connectivity index (χ1v) is 7.88. The van der Waals surface area contributed by atoms with Gasteiger partial charge in [0.2, 0.25) is 0 Å². The van der Waals surface area contributed by atoms with Gasteiger partial charge in [0.15, 0.2) is 0 Å². The molecule has 0 radical (unpaired) electrons. The molecular formula is C15H24ClN4O+. The lowest BCUT2D eigenvalue weighted by Crippen LogP contribution is -3.12. The first-order chi connectivity index (χ1) is 10.1. The molecule has 0 saturated carbocycles. The Balaban J connectivity index is 2.11. The molecule has 0 bridgehead atoms. The van der Waals surface area contributed by atoms with Gasteiger partial charge in [0, 0.05) is 11.6 Å². The zero-order valence-electron chi connectivity index (χ0n) is 12.7. The van der Waals surface area contributed by atoms with Crippen LogP contribution in [0.3, 0.4) is 0 Å². The first kappa shape index (κ1) is 15.9. The molecule has 0 aromatic heterocycles. The molecule has 21 heavy (non-hydrogen) atoms. The van der Waals surface area contributed by atoms with Crippen molar-refractivity contribution in [2.75, 3.05) is 50.0 Å². The quantitative estimate of drug-likeness (QED) is 0.783. The fourth-order valence-corrected chi connectivity index (χ4v) is 2.59. The van der Waals surface area contributed by atoms with E-state index in [4.69, 9.17) is 11.6 Å². The van der Waals surface area contributed by atoms with Crippen molar-refractivity contribution in [3.8, 4) is 0 Å². The predicted octanol–water partition coefficient (Wildman–Crippen LogP) is 1.21. The van der Waals surface area contributed by atoms with Crippen molar-refractivity contribution in [2.24, 2.45) is 0 Å². The van der Waals surface area contributed by atoms with Gasteiger partial charge < -0.3 is 20.4 Å². The third-order valence-corrected chi connectivity index (χ3v) is 3.94. The summed E-state index contributed by atoms with van der Waals surface area (Å²) in [6.45, 7) is 6.86. The molecule has 116 valence electrons. The minimum atomic E-state index is -0.180. The third-order valence-electron chi connectivity index (χ3n) is 3.70. The van der Waals surface area contributed by atoms with E-state index in [1.54, 1.807) is 0 Å². The number of carbonyl (C=O) groups excluding carboxylic acids is 1. The van der Waals surface area contributed by atoms with Crippen LogP contribution in [0.5, 0.6) is 0 Å². The van der Waals surface area contributed by atoms with Crippen LogP contribution in [0.1, 0.15) is 13.3 Å². The Morgan fingerprint density at radius 3 is 2.76 bits per heavy atom. The number of carbonyl (C=O) groups is 1. The van der Waals surface area contributed by atoms with Crippen LogP contribution in [0.4, 0.5) is 16.2 Å². The van der Waals surface area contributed by atoms with Gasteiger partial charge in [-0.15, -0.1) is 0 Å². The van der Waals surface area contributed by atoms with Crippen LogP contribution in [-0.2, 0) is 0 Å². The molecule has 1 aliphatic heterocycles. The van der Waals surface area contributed by atoms with E-state index in [9.17, 15) is 4.79 Å². The molecule has 2 rings (SSSR count). The average Bonchev–Trinajstić information content (AvgIpc) is 2.46. The second-order valence-electron chi connectivity index (χ2n) is 5.49. The maximum absolute atomic E-state index is 11.9. The minimum absolute atomic E-state index is 0.180. The number of hydrogen-bond acceptors (Lipinski definition) is 2. The van der Waals surface area contributed by atoms with Crippen molar-refractivity contribution in [1.29, 1.82) is 0 Å². The smallest absolute Gasteiger partial charge is 0.319 e. The SMILES string of the molecule is CCCNC(=O)Nc1cc(Cl)ccc1N1CC[NH+](C)CC1. The van der Waals surface area contributed by atoms with Gasteiger partial charge in [-0.25, -0.2) is 4.79 Å². The zero-order valence-corrected chi connectivity index (χ0v) is 13.5. The van der Waals surface area contributed by atoms with E-state index in [0.717, 1.165) is 44.0 Å². The van der Waals surface area contributed by atoms with Crippen LogP contribution in [-0.4, -0.2) is 45.8 Å². The van der Waals surface area contributed by atoms with E-state index < -0.39 is 0 Å². The summed E-state index contributed by atoms with van der Waals surface area (Å²) < 4.78 is 0. The van der Waals surface area contributed by atoms with Gasteiger partial charge in [0.25, 0.3) is 0 Å². The lowest BCUT2D eigenvalue weighted by molar-refractivity contribution is -0.880. The Hall–Kier alpha value is -1.46. The molecule has 1 saturated heterocycles. The monoisotopic (exact) mass is 311 g/mol. The molecule has 5 nitrogen and oxygen atoms in total. The second-order valence-corrected chi connectivity index (χ2v) is 5.92. The standard InChI is InChI=1S/C15H23ClN4O/c1-3-6-17-15(21)18-13-11-12(16)4-5-14(13)20-9-7-19(2)8-10-20/h4-5,11H,3,6-10H2,1-2H3,(H2,17,18,21)/p+1. The fraction of sp³-hybridized carbons (Fsp3) is 0.533. The van der Waals surface area contributed by atoms with E-state index in [1.165, 1.54) is 4.90 Å². The van der Waals surface area contributed by atoms with E-state index in [2.05, 4.69) is 22.6 Å². The molecule has 1 heterocycles. The number of rotatable bonds is 4. The van der Waals surface area contributed by atoms with Gasteiger partial charge in [-0.3, -0.25) is 0 Å². The van der Waals surface area contributed by atoms with Crippen molar-refractivity contribution >= 4 is 29.0 Å². The predicted molar refractivity (Wildman–Crippen MR) is 87.6 cm³/mol. The van der Waals surface area contributed by atoms with Gasteiger partial charge in [0.1, 0.15) is 0 Å². The highest BCUT2D eigenvalue weighted by atomic mass is 35.5. The highest BCUT2D eigenvalue weighted by Crippen LogP contribution is 2.29. The molecule has 1 aliphatic rings. The number of nitrogens with zero attached hydrogens (tertiary/aromatic N) is 1. The van der Waals surface area contributed by atoms with E-state index in [0.29, 0.717) is 11.6 Å². The van der Waals surface area contributed by atoms with Gasteiger partial charge in [-0.1, -0.05) is 18.5 Å². The summed E-state index contributed by atoms with van der Waals surface area (Å²) >= 11 is 6.07. The number of piperazine rings is 1. The Bertz CT molecular complexity index is 487. The largest absolute Gasteiger partial charge is 0.359 e. The average molecular weight is 312 g/mol. The molecule has 3 N–H and O–H groups in total. The second kappa shape index (κ2) is 7.52. The summed E-state index contributed by atoms with van der Waals surface area (Å²) in [6, 6.07) is 5.49. The summed E-state index contributed by atoms with van der Waals surface area (Å²) in [5.41, 5.74) is 1.81. The number of urea groups is 1. The number of quaternary nitrogens is 1. The number of likely N-dealkylation sites (N-methyl/N-ethyl adjacent to an activating group) is 1. The summed E-state index contributed by atoms with van der Waals surface area (Å²) in [7, 11) is 2.20. The normalized spacial score (nSPS) is 15.9. The highest BCUT2D eigenvalue weighted by Gasteiger charge is 2.20. The van der Waals surface area contributed by atoms with Crippen molar-refractivity contribution < 1.29 is 9.69 Å². The van der Waals surface area contributed by atoms with Crippen LogP contribution in [0.25, 0.3) is 0 Å². The molecule has 0 unspecified atom stereocenters. The van der Waals surface area contributed by atoms with Crippen LogP contribution in [0.2, 0.25) is 5.02 Å². The van der Waals surface area contributed by atoms with Crippen molar-refractivity contribution in [1.82, 2.24) is 5.32 Å². The number of benzene rings is 1. The maximum Gasteiger partial charge on any atom is 0.319 e. The Morgan fingerprint density at radius 2 is 2.10 bits per heavy atom. The van der Waals surface area contributed by atoms with Gasteiger partial charge in [-0.05, 0) is 24.6 Å². The van der Waals surface area contributed by atoms with Crippen LogP contribution in [0.15, 0.2) is 18.2 Å². The minimum Gasteiger partial charge on any atom is -0.359 e. The first-order valence-electron chi connectivity index (χ1n) is 7.50. The van der Waals surface area contributed by atoms with Crippen molar-refractivity contribution in [2.45, 2.75) is 13.3 Å². The molecule has 0 atom stereocenters. The molecule has 0 spiro atoms. The Morgan fingerprint density at radius 1 is 1.38 bits per heavy atom. The zero-order chi connectivity index (χ0) is 15.2. The molecule has 0 aliphatic carbocycles. The van der Waals surface area contributed by atoms with E-state index >= 15 is 0 Å². The number of amides is 2. The molecule has 1 fully saturated rings. The lowest BCUT2D eigenvalue weighted by atomic mass is 10.2. The summed E-state index contributed by atoms with van der Waals surface area (Å²) in [6.07, 6.45) is 0.914. The summed E-state index contributed by atoms with van der Waals surface area (Å²) in [4.78, 5) is 15.7. The molecular weight excluding hydrogens is 288 g/mol.